The Morgan fingerprint density at radius 1 is 1.69 bits per heavy atom. The molecule has 0 saturated carbocycles. The normalized spacial score (nSPS) is 10.3. The van der Waals surface area contributed by atoms with Crippen LogP contribution in [0.3, 0.4) is 0 Å². The smallest absolute Gasteiger partial charge is 0.211 e. The lowest BCUT2D eigenvalue weighted by Gasteiger charge is -2.05. The van der Waals surface area contributed by atoms with Gasteiger partial charge in [-0.25, -0.2) is 0 Å². The molecule has 0 amide bonds. The minimum atomic E-state index is 0.399. The van der Waals surface area contributed by atoms with E-state index in [2.05, 4.69) is 20.6 Å². The van der Waals surface area contributed by atoms with Gasteiger partial charge in [0, 0.05) is 13.2 Å². The summed E-state index contributed by atoms with van der Waals surface area (Å²) in [5, 5.41) is 13.9. The van der Waals surface area contributed by atoms with E-state index in [4.69, 9.17) is 5.26 Å². The van der Waals surface area contributed by atoms with Crippen LogP contribution in [0.15, 0.2) is 29.5 Å². The maximum atomic E-state index is 8.31. The Morgan fingerprint density at radius 3 is 3.08 bits per heavy atom. The quantitative estimate of drug-likeness (QED) is 0.371. The zero-order chi connectivity index (χ0) is 9.52. The van der Waals surface area contributed by atoms with E-state index < -0.39 is 0 Å². The van der Waals surface area contributed by atoms with Crippen molar-refractivity contribution in [2.75, 3.05) is 12.4 Å². The van der Waals surface area contributed by atoms with E-state index >= 15 is 0 Å². The van der Waals surface area contributed by atoms with Crippen LogP contribution in [0.2, 0.25) is 0 Å². The van der Waals surface area contributed by atoms with Crippen LogP contribution in [0, 0.1) is 11.5 Å². The Hall–Kier alpha value is -2.09. The fraction of sp³-hybridized carbons (Fsp3) is 0.125. The molecule has 5 nitrogen and oxygen atoms in total. The van der Waals surface area contributed by atoms with Crippen LogP contribution in [0.1, 0.15) is 0 Å². The van der Waals surface area contributed by atoms with Gasteiger partial charge in [-0.2, -0.15) is 5.26 Å². The lowest BCUT2D eigenvalue weighted by Crippen LogP contribution is -2.26. The topological polar surface area (TPSA) is 73.1 Å². The van der Waals surface area contributed by atoms with Crippen LogP contribution in [-0.2, 0) is 0 Å². The average molecular weight is 175 g/mol. The molecule has 5 heteroatoms. The molecule has 0 bridgehead atoms. The summed E-state index contributed by atoms with van der Waals surface area (Å²) in [6, 6.07) is 3.62. The van der Waals surface area contributed by atoms with Crippen molar-refractivity contribution >= 4 is 11.6 Å². The molecule has 0 saturated heterocycles. The first-order valence-electron chi connectivity index (χ1n) is 3.68. The van der Waals surface area contributed by atoms with Crippen molar-refractivity contribution < 1.29 is 0 Å². The van der Waals surface area contributed by atoms with E-state index in [0.717, 1.165) is 5.69 Å². The number of guanidine groups is 1. The summed E-state index contributed by atoms with van der Waals surface area (Å²) < 4.78 is 0. The largest absolute Gasteiger partial charge is 0.358 e. The number of pyridine rings is 1. The Bertz CT molecular complexity index is 324. The van der Waals surface area contributed by atoms with E-state index in [0.29, 0.717) is 5.96 Å². The molecular formula is C8H9N5. The standard InChI is InChI=1S/C8H9N5/c1-10-8(12-6-9)13-7-3-2-4-11-5-7/h2-5H,1H3,(H2,10,12,13). The summed E-state index contributed by atoms with van der Waals surface area (Å²) in [6.07, 6.45) is 5.00. The lowest BCUT2D eigenvalue weighted by molar-refractivity contribution is 1.15. The predicted molar refractivity (Wildman–Crippen MR) is 50.0 cm³/mol. The maximum absolute atomic E-state index is 8.31. The molecule has 0 spiro atoms. The molecular weight excluding hydrogens is 166 g/mol. The molecule has 1 aromatic rings. The van der Waals surface area contributed by atoms with Crippen molar-refractivity contribution in [2.45, 2.75) is 0 Å². The van der Waals surface area contributed by atoms with E-state index in [1.807, 2.05) is 6.07 Å². The maximum Gasteiger partial charge on any atom is 0.211 e. The predicted octanol–water partition coefficient (Wildman–Crippen LogP) is 0.550. The van der Waals surface area contributed by atoms with Gasteiger partial charge in [-0.15, -0.1) is 4.99 Å². The second kappa shape index (κ2) is 4.72. The van der Waals surface area contributed by atoms with Crippen molar-refractivity contribution in [3.8, 4) is 6.19 Å². The zero-order valence-corrected chi connectivity index (χ0v) is 7.15. The van der Waals surface area contributed by atoms with Gasteiger partial charge in [-0.3, -0.25) is 4.98 Å². The molecule has 0 aliphatic rings. The number of rotatable bonds is 1. The van der Waals surface area contributed by atoms with Crippen LogP contribution < -0.4 is 10.6 Å². The number of hydrogen-bond donors (Lipinski definition) is 2. The zero-order valence-electron chi connectivity index (χ0n) is 7.15. The molecule has 0 fully saturated rings. The first kappa shape index (κ1) is 9.00. The molecule has 0 aliphatic heterocycles. The third-order valence-corrected chi connectivity index (χ3v) is 1.32. The van der Waals surface area contributed by atoms with Crippen LogP contribution >= 0.6 is 0 Å². The van der Waals surface area contributed by atoms with Crippen molar-refractivity contribution in [3.05, 3.63) is 24.5 Å². The van der Waals surface area contributed by atoms with Crippen molar-refractivity contribution in [1.82, 2.24) is 10.3 Å². The number of nitrogens with one attached hydrogen (secondary N) is 2. The number of anilines is 1. The molecule has 13 heavy (non-hydrogen) atoms. The molecule has 0 unspecified atom stereocenters. The first-order chi connectivity index (χ1) is 6.36. The Kier molecular flexibility index (Phi) is 3.27. The summed E-state index contributed by atoms with van der Waals surface area (Å²) in [4.78, 5) is 7.41. The Morgan fingerprint density at radius 2 is 2.54 bits per heavy atom. The van der Waals surface area contributed by atoms with Crippen molar-refractivity contribution in [1.29, 1.82) is 5.26 Å². The van der Waals surface area contributed by atoms with Crippen LogP contribution in [-0.4, -0.2) is 18.0 Å². The second-order valence-corrected chi connectivity index (χ2v) is 2.18. The van der Waals surface area contributed by atoms with Gasteiger partial charge in [0.2, 0.25) is 12.2 Å². The summed E-state index contributed by atoms with van der Waals surface area (Å²) >= 11 is 0. The van der Waals surface area contributed by atoms with E-state index in [1.165, 1.54) is 0 Å². The monoisotopic (exact) mass is 175 g/mol. The number of aromatic nitrogens is 1. The van der Waals surface area contributed by atoms with Gasteiger partial charge in [-0.1, -0.05) is 0 Å². The molecule has 2 N–H and O–H groups in total. The van der Waals surface area contributed by atoms with E-state index in [-0.39, 0.29) is 0 Å². The lowest BCUT2D eigenvalue weighted by atomic mass is 10.4. The van der Waals surface area contributed by atoms with Gasteiger partial charge in [0.15, 0.2) is 0 Å². The van der Waals surface area contributed by atoms with Gasteiger partial charge in [0.25, 0.3) is 0 Å². The Balaban J connectivity index is 2.69. The van der Waals surface area contributed by atoms with Gasteiger partial charge < -0.3 is 10.6 Å². The third-order valence-electron chi connectivity index (χ3n) is 1.32. The number of nitrogens with zero attached hydrogens (tertiary/aromatic N) is 3. The third kappa shape index (κ3) is 2.79. The SMILES string of the molecule is CN/C(=N\C#N)Nc1cccnc1. The second-order valence-electron chi connectivity index (χ2n) is 2.18. The number of nitriles is 1. The van der Waals surface area contributed by atoms with E-state index in [1.54, 1.807) is 31.7 Å². The highest BCUT2D eigenvalue weighted by atomic mass is 15.2. The first-order valence-corrected chi connectivity index (χ1v) is 3.68. The molecule has 0 radical (unpaired) electrons. The van der Waals surface area contributed by atoms with Crippen molar-refractivity contribution in [3.63, 3.8) is 0 Å². The minimum absolute atomic E-state index is 0.399. The van der Waals surface area contributed by atoms with Gasteiger partial charge in [0.05, 0.1) is 11.9 Å². The molecule has 66 valence electrons. The molecule has 0 atom stereocenters. The van der Waals surface area contributed by atoms with Crippen LogP contribution in [0.25, 0.3) is 0 Å². The van der Waals surface area contributed by atoms with Crippen molar-refractivity contribution in [2.24, 2.45) is 4.99 Å². The summed E-state index contributed by atoms with van der Waals surface area (Å²) in [7, 11) is 1.68. The summed E-state index contributed by atoms with van der Waals surface area (Å²) in [5.74, 6) is 0.399. The van der Waals surface area contributed by atoms with E-state index in [9.17, 15) is 0 Å². The molecule has 1 rings (SSSR count). The van der Waals surface area contributed by atoms with Gasteiger partial charge >= 0.3 is 0 Å². The van der Waals surface area contributed by atoms with Crippen LogP contribution in [0.5, 0.6) is 0 Å². The highest BCUT2D eigenvalue weighted by Crippen LogP contribution is 2.01. The minimum Gasteiger partial charge on any atom is -0.358 e. The molecule has 1 heterocycles. The highest BCUT2D eigenvalue weighted by molar-refractivity contribution is 5.93. The molecule has 0 aromatic carbocycles. The number of aliphatic imine (C=N–C) groups is 1. The van der Waals surface area contributed by atoms with Gasteiger partial charge in [0.1, 0.15) is 0 Å². The average Bonchev–Trinajstić information content (AvgIpc) is 2.19. The summed E-state index contributed by atoms with van der Waals surface area (Å²) in [6.45, 7) is 0. The molecule has 0 aliphatic carbocycles. The fourth-order valence-electron chi connectivity index (χ4n) is 0.770. The fourth-order valence-corrected chi connectivity index (χ4v) is 0.770. The number of hydrogen-bond acceptors (Lipinski definition) is 3. The summed E-state index contributed by atoms with van der Waals surface area (Å²) in [5.41, 5.74) is 0.783. The Labute approximate surface area is 76.1 Å². The van der Waals surface area contributed by atoms with Crippen LogP contribution in [0.4, 0.5) is 5.69 Å². The van der Waals surface area contributed by atoms with Gasteiger partial charge in [-0.05, 0) is 12.1 Å². The highest BCUT2D eigenvalue weighted by Gasteiger charge is 1.95. The molecule has 1 aromatic heterocycles.